The molecule has 6 unspecified atom stereocenters. The molecule has 0 aromatic carbocycles. The maximum atomic E-state index is 12.6. The van der Waals surface area contributed by atoms with E-state index in [9.17, 15) is 9.59 Å². The number of fused-ring (bicyclic) bond motifs is 5. The molecule has 4 heteroatoms. The van der Waals surface area contributed by atoms with E-state index in [4.69, 9.17) is 4.99 Å². The van der Waals surface area contributed by atoms with Crippen molar-refractivity contribution in [2.24, 2.45) is 39.5 Å². The van der Waals surface area contributed by atoms with Gasteiger partial charge in [0.05, 0.1) is 0 Å². The first-order valence-corrected chi connectivity index (χ1v) is 13.1. The quantitative estimate of drug-likeness (QED) is 0.526. The van der Waals surface area contributed by atoms with Gasteiger partial charge >= 0.3 is 0 Å². The minimum atomic E-state index is 0.00772. The van der Waals surface area contributed by atoms with Crippen LogP contribution in [0.15, 0.2) is 4.99 Å². The summed E-state index contributed by atoms with van der Waals surface area (Å²) in [6, 6.07) is 0. The molecule has 4 saturated carbocycles. The highest BCUT2D eigenvalue weighted by Crippen LogP contribution is 2.65. The van der Waals surface area contributed by atoms with Crippen molar-refractivity contribution < 1.29 is 9.59 Å². The molecule has 0 bridgehead atoms. The van der Waals surface area contributed by atoms with E-state index < -0.39 is 0 Å². The summed E-state index contributed by atoms with van der Waals surface area (Å²) in [7, 11) is 0. The molecule has 4 aliphatic rings. The van der Waals surface area contributed by atoms with Gasteiger partial charge in [0.1, 0.15) is 5.78 Å². The average Bonchev–Trinajstić information content (AvgIpc) is 3.04. The normalized spacial score (nSPS) is 40.9. The van der Waals surface area contributed by atoms with Crippen molar-refractivity contribution in [3.8, 4) is 0 Å². The number of amides is 1. The number of unbranched alkanes of at least 4 members (excludes halogenated alkanes) is 3. The second-order valence-corrected chi connectivity index (χ2v) is 11.6. The Morgan fingerprint density at radius 2 is 1.81 bits per heavy atom. The molecule has 4 nitrogen and oxygen atoms in total. The molecule has 0 aromatic heterocycles. The van der Waals surface area contributed by atoms with E-state index in [1.165, 1.54) is 63.5 Å². The number of nitrogens with one attached hydrogen (secondary N) is 1. The number of Topliss-reactive ketones (excluding diaryl/α,β-unsaturated/α-hetero) is 1. The summed E-state index contributed by atoms with van der Waals surface area (Å²) in [4.78, 5) is 28.5. The predicted molar refractivity (Wildman–Crippen MR) is 126 cm³/mol. The van der Waals surface area contributed by atoms with E-state index in [1.54, 1.807) is 6.92 Å². The third-order valence-electron chi connectivity index (χ3n) is 10.0. The van der Waals surface area contributed by atoms with Crippen LogP contribution in [0.2, 0.25) is 0 Å². The van der Waals surface area contributed by atoms with Gasteiger partial charge < -0.3 is 5.32 Å². The van der Waals surface area contributed by atoms with Gasteiger partial charge in [-0.2, -0.15) is 0 Å². The minimum Gasteiger partial charge on any atom is -0.356 e. The third-order valence-corrected chi connectivity index (χ3v) is 10.0. The Morgan fingerprint density at radius 1 is 1.00 bits per heavy atom. The van der Waals surface area contributed by atoms with Crippen molar-refractivity contribution in [3.63, 3.8) is 0 Å². The van der Waals surface area contributed by atoms with Crippen molar-refractivity contribution in [1.82, 2.24) is 5.32 Å². The van der Waals surface area contributed by atoms with Crippen LogP contribution in [0.25, 0.3) is 0 Å². The van der Waals surface area contributed by atoms with Gasteiger partial charge in [-0.15, -0.1) is 0 Å². The lowest BCUT2D eigenvalue weighted by molar-refractivity contribution is -0.136. The third kappa shape index (κ3) is 4.50. The van der Waals surface area contributed by atoms with E-state index in [-0.39, 0.29) is 11.3 Å². The Bertz CT molecular complexity index is 716. The first-order chi connectivity index (χ1) is 14.8. The lowest BCUT2D eigenvalue weighted by atomic mass is 9.45. The van der Waals surface area contributed by atoms with Gasteiger partial charge in [-0.3, -0.25) is 14.6 Å². The monoisotopic (exact) mass is 428 g/mol. The van der Waals surface area contributed by atoms with Crippen LogP contribution >= 0.6 is 0 Å². The summed E-state index contributed by atoms with van der Waals surface area (Å²) in [6.07, 6.45) is 15.5. The fourth-order valence-corrected chi connectivity index (χ4v) is 8.07. The molecule has 6 atom stereocenters. The summed E-state index contributed by atoms with van der Waals surface area (Å²) in [5.74, 6) is 3.74. The highest BCUT2D eigenvalue weighted by molar-refractivity contribution is 5.87. The van der Waals surface area contributed by atoms with Crippen LogP contribution in [0.4, 0.5) is 0 Å². The fraction of sp³-hybridized carbons (Fsp3) is 0.889. The second-order valence-electron chi connectivity index (χ2n) is 11.6. The zero-order chi connectivity index (χ0) is 22.1. The standard InChI is InChI=1S/C27H44N2O2/c1-19(30)28-16-6-4-5-7-17-29-21-12-14-26(2)20(18-21)8-9-22-23-10-11-25(31)27(23,3)15-13-24(22)26/h20,22-24H,4-18H2,1-3H3,(H,28,30). The number of carbonyl (C=O) groups is 2. The Labute approximate surface area is 189 Å². The summed E-state index contributed by atoms with van der Waals surface area (Å²) in [6.45, 7) is 8.26. The van der Waals surface area contributed by atoms with E-state index in [0.29, 0.717) is 17.1 Å². The largest absolute Gasteiger partial charge is 0.356 e. The number of rotatable bonds is 7. The van der Waals surface area contributed by atoms with Gasteiger partial charge in [0.15, 0.2) is 0 Å². The molecule has 4 aliphatic carbocycles. The van der Waals surface area contributed by atoms with E-state index in [2.05, 4.69) is 19.2 Å². The van der Waals surface area contributed by atoms with Gasteiger partial charge in [0.25, 0.3) is 0 Å². The second kappa shape index (κ2) is 9.35. The Morgan fingerprint density at radius 3 is 2.61 bits per heavy atom. The molecule has 0 aliphatic heterocycles. The number of hydrogen-bond donors (Lipinski definition) is 1. The van der Waals surface area contributed by atoms with Crippen LogP contribution in [0.5, 0.6) is 0 Å². The molecule has 31 heavy (non-hydrogen) atoms. The van der Waals surface area contributed by atoms with E-state index in [1.807, 2.05) is 0 Å². The minimum absolute atomic E-state index is 0.00772. The fourth-order valence-electron chi connectivity index (χ4n) is 8.07. The molecule has 1 N–H and O–H groups in total. The molecule has 0 radical (unpaired) electrons. The molecule has 174 valence electrons. The van der Waals surface area contributed by atoms with Crippen molar-refractivity contribution >= 4 is 17.4 Å². The molecular formula is C27H44N2O2. The van der Waals surface area contributed by atoms with E-state index >= 15 is 0 Å². The molecular weight excluding hydrogens is 384 g/mol. The topological polar surface area (TPSA) is 58.5 Å². The smallest absolute Gasteiger partial charge is 0.216 e. The summed E-state index contributed by atoms with van der Waals surface area (Å²) in [5.41, 5.74) is 1.96. The lowest BCUT2D eigenvalue weighted by Crippen LogP contribution is -2.53. The number of ketones is 1. The number of hydrogen-bond acceptors (Lipinski definition) is 3. The van der Waals surface area contributed by atoms with Crippen LogP contribution in [0.3, 0.4) is 0 Å². The summed E-state index contributed by atoms with van der Waals surface area (Å²) >= 11 is 0. The Kier molecular flexibility index (Phi) is 6.93. The molecule has 0 saturated heterocycles. The predicted octanol–water partition coefficient (Wildman–Crippen LogP) is 5.74. The first kappa shape index (κ1) is 23.0. The van der Waals surface area contributed by atoms with Gasteiger partial charge in [-0.1, -0.05) is 26.7 Å². The van der Waals surface area contributed by atoms with Crippen LogP contribution in [-0.4, -0.2) is 30.5 Å². The zero-order valence-electron chi connectivity index (χ0n) is 20.2. The summed E-state index contributed by atoms with van der Waals surface area (Å²) in [5, 5.41) is 2.87. The van der Waals surface area contributed by atoms with Gasteiger partial charge in [-0.05, 0) is 93.3 Å². The molecule has 0 heterocycles. The first-order valence-electron chi connectivity index (χ1n) is 13.1. The molecule has 0 spiro atoms. The molecule has 1 amide bonds. The maximum Gasteiger partial charge on any atom is 0.216 e. The number of carbonyl (C=O) groups excluding carboxylic acids is 2. The van der Waals surface area contributed by atoms with Crippen molar-refractivity contribution in [2.45, 2.75) is 104 Å². The summed E-state index contributed by atoms with van der Waals surface area (Å²) < 4.78 is 0. The highest BCUT2D eigenvalue weighted by atomic mass is 16.1. The van der Waals surface area contributed by atoms with Crippen molar-refractivity contribution in [1.29, 1.82) is 0 Å². The van der Waals surface area contributed by atoms with Crippen LogP contribution in [0, 0.1) is 34.5 Å². The van der Waals surface area contributed by atoms with E-state index in [0.717, 1.165) is 56.5 Å². The van der Waals surface area contributed by atoms with Crippen molar-refractivity contribution in [2.75, 3.05) is 13.1 Å². The lowest BCUT2D eigenvalue weighted by Gasteiger charge is -2.59. The SMILES string of the molecule is CC(=O)NCCCCCCN=C1CCC2(C)C(CCC3C4CCC(=O)C4(C)CCC32)C1. The average molecular weight is 429 g/mol. The van der Waals surface area contributed by atoms with Gasteiger partial charge in [0.2, 0.25) is 5.91 Å². The van der Waals surface area contributed by atoms with Crippen LogP contribution < -0.4 is 5.32 Å². The van der Waals surface area contributed by atoms with Crippen LogP contribution in [0.1, 0.15) is 104 Å². The van der Waals surface area contributed by atoms with Gasteiger partial charge in [-0.25, -0.2) is 0 Å². The molecule has 0 aromatic rings. The van der Waals surface area contributed by atoms with Gasteiger partial charge in [0, 0.05) is 37.6 Å². The molecule has 4 rings (SSSR count). The Balaban J connectivity index is 1.26. The number of nitrogens with zero attached hydrogens (tertiary/aromatic N) is 1. The number of aliphatic imine (C=N–C) groups is 1. The Hall–Kier alpha value is -1.19. The van der Waals surface area contributed by atoms with Crippen molar-refractivity contribution in [3.05, 3.63) is 0 Å². The maximum absolute atomic E-state index is 12.6. The highest BCUT2D eigenvalue weighted by Gasteiger charge is 2.59. The molecule has 4 fully saturated rings. The van der Waals surface area contributed by atoms with Crippen LogP contribution in [-0.2, 0) is 9.59 Å². The zero-order valence-corrected chi connectivity index (χ0v) is 20.2.